The maximum atomic E-state index is 12.5. The number of nitrogens with one attached hydrogen (secondary N) is 1. The van der Waals surface area contributed by atoms with E-state index in [1.54, 1.807) is 0 Å². The molecule has 0 aromatic rings. The lowest BCUT2D eigenvalue weighted by Crippen LogP contribution is -2.44. The van der Waals surface area contributed by atoms with Gasteiger partial charge >= 0.3 is 0 Å². The molecular formula is C17H32N2O. The van der Waals surface area contributed by atoms with Crippen molar-refractivity contribution in [2.24, 2.45) is 23.0 Å². The second-order valence-corrected chi connectivity index (χ2v) is 7.77. The van der Waals surface area contributed by atoms with E-state index >= 15 is 0 Å². The number of rotatable bonds is 4. The summed E-state index contributed by atoms with van der Waals surface area (Å²) in [5.41, 5.74) is 6.05. The van der Waals surface area contributed by atoms with Crippen molar-refractivity contribution in [3.63, 3.8) is 0 Å². The van der Waals surface area contributed by atoms with Gasteiger partial charge in [-0.05, 0) is 56.4 Å². The Kier molecular flexibility index (Phi) is 5.48. The van der Waals surface area contributed by atoms with Crippen molar-refractivity contribution in [3.05, 3.63) is 0 Å². The highest BCUT2D eigenvalue weighted by Gasteiger charge is 2.32. The summed E-state index contributed by atoms with van der Waals surface area (Å²) in [6, 6.07) is 0.404. The van der Waals surface area contributed by atoms with Gasteiger partial charge in [0.2, 0.25) is 5.91 Å². The average Bonchev–Trinajstić information content (AvgIpc) is 2.38. The molecule has 0 saturated heterocycles. The molecule has 0 aromatic heterocycles. The first-order chi connectivity index (χ1) is 9.50. The normalized spacial score (nSPS) is 33.6. The monoisotopic (exact) mass is 280 g/mol. The predicted octanol–water partition coefficient (Wildman–Crippen LogP) is 3.23. The molecule has 0 radical (unpaired) electrons. The summed E-state index contributed by atoms with van der Waals surface area (Å²) in [6.45, 7) is 5.40. The van der Waals surface area contributed by atoms with Crippen LogP contribution in [0.15, 0.2) is 0 Å². The maximum Gasteiger partial charge on any atom is 0.223 e. The number of hydrogen-bond donors (Lipinski definition) is 2. The van der Waals surface area contributed by atoms with Gasteiger partial charge in [-0.2, -0.15) is 0 Å². The van der Waals surface area contributed by atoms with Crippen LogP contribution in [0.2, 0.25) is 0 Å². The van der Waals surface area contributed by atoms with E-state index in [0.717, 1.165) is 38.6 Å². The second-order valence-electron chi connectivity index (χ2n) is 7.77. The van der Waals surface area contributed by atoms with E-state index < -0.39 is 0 Å². The third-order valence-corrected chi connectivity index (χ3v) is 5.28. The first-order valence-electron chi connectivity index (χ1n) is 8.50. The third kappa shape index (κ3) is 4.47. The van der Waals surface area contributed by atoms with Crippen LogP contribution in [0.4, 0.5) is 0 Å². The summed E-state index contributed by atoms with van der Waals surface area (Å²) >= 11 is 0. The summed E-state index contributed by atoms with van der Waals surface area (Å²) < 4.78 is 0. The van der Waals surface area contributed by atoms with Crippen molar-refractivity contribution < 1.29 is 4.79 Å². The van der Waals surface area contributed by atoms with Crippen molar-refractivity contribution >= 4 is 5.91 Å². The molecule has 2 fully saturated rings. The lowest BCUT2D eigenvalue weighted by atomic mass is 9.74. The van der Waals surface area contributed by atoms with Gasteiger partial charge in [0.05, 0.1) is 0 Å². The fraction of sp³-hybridized carbons (Fsp3) is 0.941. The van der Waals surface area contributed by atoms with Gasteiger partial charge in [-0.15, -0.1) is 0 Å². The molecule has 2 rings (SSSR count). The Bertz CT molecular complexity index is 325. The summed E-state index contributed by atoms with van der Waals surface area (Å²) in [6.07, 6.45) is 10.5. The molecule has 3 unspecified atom stereocenters. The molecule has 0 spiro atoms. The zero-order valence-electron chi connectivity index (χ0n) is 13.3. The van der Waals surface area contributed by atoms with E-state index in [4.69, 9.17) is 5.73 Å². The van der Waals surface area contributed by atoms with Gasteiger partial charge in [-0.25, -0.2) is 0 Å². The summed E-state index contributed by atoms with van der Waals surface area (Å²) in [4.78, 5) is 12.5. The van der Waals surface area contributed by atoms with Crippen LogP contribution >= 0.6 is 0 Å². The van der Waals surface area contributed by atoms with Crippen molar-refractivity contribution in [2.75, 3.05) is 6.54 Å². The van der Waals surface area contributed by atoms with Crippen molar-refractivity contribution in [1.29, 1.82) is 0 Å². The van der Waals surface area contributed by atoms with Crippen molar-refractivity contribution in [1.82, 2.24) is 5.32 Å². The molecule has 3 heteroatoms. The quantitative estimate of drug-likeness (QED) is 0.830. The van der Waals surface area contributed by atoms with Gasteiger partial charge in [-0.3, -0.25) is 4.79 Å². The topological polar surface area (TPSA) is 55.1 Å². The molecule has 116 valence electrons. The standard InChI is InChI=1S/C17H32N2O/c1-17(2)9-4-7-15(12-17)19-16(20)14-6-3-5-13(11-14)8-10-18/h13-15H,3-12,18H2,1-2H3,(H,19,20). The molecule has 20 heavy (non-hydrogen) atoms. The summed E-state index contributed by atoms with van der Waals surface area (Å²) in [5, 5.41) is 3.34. The van der Waals surface area contributed by atoms with Crippen LogP contribution in [-0.2, 0) is 4.79 Å². The number of carbonyl (C=O) groups is 1. The van der Waals surface area contributed by atoms with Crippen LogP contribution in [0.1, 0.15) is 71.6 Å². The number of carbonyl (C=O) groups excluding carboxylic acids is 1. The molecule has 3 atom stereocenters. The van der Waals surface area contributed by atoms with E-state index in [0.29, 0.717) is 23.3 Å². The lowest BCUT2D eigenvalue weighted by molar-refractivity contribution is -0.127. The molecule has 0 aliphatic heterocycles. The molecule has 3 nitrogen and oxygen atoms in total. The summed E-state index contributed by atoms with van der Waals surface area (Å²) in [5.74, 6) is 1.23. The van der Waals surface area contributed by atoms with Crippen molar-refractivity contribution in [2.45, 2.75) is 77.7 Å². The lowest BCUT2D eigenvalue weighted by Gasteiger charge is -2.37. The predicted molar refractivity (Wildman–Crippen MR) is 83.3 cm³/mol. The summed E-state index contributed by atoms with van der Waals surface area (Å²) in [7, 11) is 0. The van der Waals surface area contributed by atoms with Crippen LogP contribution < -0.4 is 11.1 Å². The van der Waals surface area contributed by atoms with Crippen LogP contribution in [0.3, 0.4) is 0 Å². The van der Waals surface area contributed by atoms with E-state index in [-0.39, 0.29) is 5.92 Å². The van der Waals surface area contributed by atoms with Crippen LogP contribution in [0.5, 0.6) is 0 Å². The zero-order chi connectivity index (χ0) is 14.6. The van der Waals surface area contributed by atoms with E-state index in [1.807, 2.05) is 0 Å². The van der Waals surface area contributed by atoms with E-state index in [1.165, 1.54) is 25.7 Å². The molecule has 0 bridgehead atoms. The highest BCUT2D eigenvalue weighted by atomic mass is 16.1. The number of hydrogen-bond acceptors (Lipinski definition) is 2. The largest absolute Gasteiger partial charge is 0.353 e. The fourth-order valence-electron chi connectivity index (χ4n) is 4.17. The molecule has 2 aliphatic rings. The van der Waals surface area contributed by atoms with Crippen LogP contribution in [0, 0.1) is 17.3 Å². The molecule has 3 N–H and O–H groups in total. The first-order valence-corrected chi connectivity index (χ1v) is 8.50. The van der Waals surface area contributed by atoms with Gasteiger partial charge in [0, 0.05) is 12.0 Å². The van der Waals surface area contributed by atoms with Gasteiger partial charge < -0.3 is 11.1 Å². The Balaban J connectivity index is 1.82. The average molecular weight is 280 g/mol. The molecule has 0 heterocycles. The molecule has 1 amide bonds. The van der Waals surface area contributed by atoms with E-state index in [9.17, 15) is 4.79 Å². The molecule has 2 aliphatic carbocycles. The molecule has 0 aromatic carbocycles. The smallest absolute Gasteiger partial charge is 0.223 e. The van der Waals surface area contributed by atoms with Gasteiger partial charge in [0.1, 0.15) is 0 Å². The highest BCUT2D eigenvalue weighted by molar-refractivity contribution is 5.79. The SMILES string of the molecule is CC1(C)CCCC(NC(=O)C2CCCC(CCN)C2)C1. The Morgan fingerprint density at radius 1 is 1.25 bits per heavy atom. The second kappa shape index (κ2) is 6.93. The zero-order valence-corrected chi connectivity index (χ0v) is 13.3. The Morgan fingerprint density at radius 3 is 2.75 bits per heavy atom. The highest BCUT2D eigenvalue weighted by Crippen LogP contribution is 2.36. The van der Waals surface area contributed by atoms with Gasteiger partial charge in [-0.1, -0.05) is 33.1 Å². The fourth-order valence-corrected chi connectivity index (χ4v) is 4.17. The molecule has 2 saturated carbocycles. The Hall–Kier alpha value is -0.570. The minimum atomic E-state index is 0.241. The van der Waals surface area contributed by atoms with E-state index in [2.05, 4.69) is 19.2 Å². The molecular weight excluding hydrogens is 248 g/mol. The third-order valence-electron chi connectivity index (χ3n) is 5.28. The number of nitrogens with two attached hydrogens (primary N) is 1. The maximum absolute atomic E-state index is 12.5. The number of amides is 1. The Morgan fingerprint density at radius 2 is 2.05 bits per heavy atom. The minimum absolute atomic E-state index is 0.241. The van der Waals surface area contributed by atoms with Crippen LogP contribution in [-0.4, -0.2) is 18.5 Å². The van der Waals surface area contributed by atoms with Crippen LogP contribution in [0.25, 0.3) is 0 Å². The minimum Gasteiger partial charge on any atom is -0.353 e. The Labute approximate surface area is 124 Å². The van der Waals surface area contributed by atoms with Crippen molar-refractivity contribution in [3.8, 4) is 0 Å². The first kappa shape index (κ1) is 15.8. The van der Waals surface area contributed by atoms with Gasteiger partial charge in [0.15, 0.2) is 0 Å². The van der Waals surface area contributed by atoms with Gasteiger partial charge in [0.25, 0.3) is 0 Å².